The van der Waals surface area contributed by atoms with Crippen molar-refractivity contribution in [1.82, 2.24) is 9.88 Å². The third-order valence-electron chi connectivity index (χ3n) is 3.89. The third kappa shape index (κ3) is 7.27. The lowest BCUT2D eigenvalue weighted by atomic mass is 10.1. The van der Waals surface area contributed by atoms with Crippen LogP contribution in [0.15, 0.2) is 17.3 Å². The largest absolute Gasteiger partial charge is 0.298 e. The van der Waals surface area contributed by atoms with E-state index in [0.717, 1.165) is 28.8 Å². The van der Waals surface area contributed by atoms with Gasteiger partial charge in [-0.2, -0.15) is 12.6 Å². The summed E-state index contributed by atoms with van der Waals surface area (Å²) in [6.45, 7) is 14.9. The molecule has 0 saturated heterocycles. The van der Waals surface area contributed by atoms with E-state index in [0.29, 0.717) is 18.6 Å². The van der Waals surface area contributed by atoms with Gasteiger partial charge in [-0.05, 0) is 58.7 Å². The van der Waals surface area contributed by atoms with Gasteiger partial charge >= 0.3 is 0 Å². The summed E-state index contributed by atoms with van der Waals surface area (Å²) in [5.41, 5.74) is 3.45. The van der Waals surface area contributed by atoms with Gasteiger partial charge in [-0.1, -0.05) is 0 Å². The average molecular weight is 354 g/mol. The SMILES string of the molecule is CC(=NCc1cc(CS)c(C)cn1)SCCN(C(C)C)C(C)C. The second kappa shape index (κ2) is 10.4. The Morgan fingerprint density at radius 1 is 1.30 bits per heavy atom. The fourth-order valence-corrected chi connectivity index (χ4v) is 3.62. The van der Waals surface area contributed by atoms with Crippen LogP contribution in [0.1, 0.15) is 51.4 Å². The first-order valence-corrected chi connectivity index (χ1v) is 9.91. The van der Waals surface area contributed by atoms with Gasteiger partial charge in [0.15, 0.2) is 0 Å². The minimum absolute atomic E-state index is 0.587. The number of aromatic nitrogens is 1. The Morgan fingerprint density at radius 3 is 2.52 bits per heavy atom. The van der Waals surface area contributed by atoms with E-state index in [9.17, 15) is 0 Å². The number of thioether (sulfide) groups is 1. The number of aryl methyl sites for hydroxylation is 1. The zero-order valence-corrected chi connectivity index (χ0v) is 17.0. The highest BCUT2D eigenvalue weighted by Crippen LogP contribution is 2.13. The van der Waals surface area contributed by atoms with Crippen molar-refractivity contribution in [2.45, 2.75) is 65.9 Å². The van der Waals surface area contributed by atoms with Gasteiger partial charge in [0.1, 0.15) is 0 Å². The molecule has 1 aromatic heterocycles. The molecular formula is C18H31N3S2. The van der Waals surface area contributed by atoms with Crippen molar-refractivity contribution in [1.29, 1.82) is 0 Å². The minimum atomic E-state index is 0.587. The van der Waals surface area contributed by atoms with Gasteiger partial charge in [0, 0.05) is 36.3 Å². The third-order valence-corrected chi connectivity index (χ3v) is 5.17. The van der Waals surface area contributed by atoms with E-state index in [1.165, 1.54) is 11.1 Å². The normalized spacial score (nSPS) is 12.7. The maximum Gasteiger partial charge on any atom is 0.0821 e. The lowest BCUT2D eigenvalue weighted by Crippen LogP contribution is -2.38. The summed E-state index contributed by atoms with van der Waals surface area (Å²) >= 11 is 6.20. The highest BCUT2D eigenvalue weighted by atomic mass is 32.2. The van der Waals surface area contributed by atoms with Crippen LogP contribution in [0.2, 0.25) is 0 Å². The Labute approximate surface area is 151 Å². The standard InChI is InChI=1S/C18H31N3S2/c1-13(2)21(14(3)4)7-8-23-16(6)19-11-18-9-17(12-22)15(5)10-20-18/h9-10,13-14,22H,7-8,11-12H2,1-6H3. The Hall–Kier alpha value is -0.520. The summed E-state index contributed by atoms with van der Waals surface area (Å²) in [5.74, 6) is 1.83. The Morgan fingerprint density at radius 2 is 1.96 bits per heavy atom. The molecule has 0 fully saturated rings. The lowest BCUT2D eigenvalue weighted by molar-refractivity contribution is 0.187. The summed E-state index contributed by atoms with van der Waals surface area (Å²) in [6, 6.07) is 3.29. The molecule has 0 aromatic carbocycles. The van der Waals surface area contributed by atoms with Gasteiger partial charge in [-0.3, -0.25) is 14.9 Å². The monoisotopic (exact) mass is 353 g/mol. The zero-order chi connectivity index (χ0) is 17.4. The zero-order valence-electron chi connectivity index (χ0n) is 15.3. The van der Waals surface area contributed by atoms with E-state index in [4.69, 9.17) is 0 Å². The van der Waals surface area contributed by atoms with Crippen LogP contribution in [-0.2, 0) is 12.3 Å². The first kappa shape index (κ1) is 20.5. The van der Waals surface area contributed by atoms with Crippen molar-refractivity contribution in [3.63, 3.8) is 0 Å². The molecule has 23 heavy (non-hydrogen) atoms. The molecule has 1 aromatic rings. The van der Waals surface area contributed by atoms with Gasteiger partial charge in [0.2, 0.25) is 0 Å². The van der Waals surface area contributed by atoms with Crippen LogP contribution >= 0.6 is 24.4 Å². The molecule has 0 spiro atoms. The number of hydrogen-bond acceptors (Lipinski definition) is 5. The summed E-state index contributed by atoms with van der Waals surface area (Å²) in [7, 11) is 0. The Balaban J connectivity index is 2.48. The highest BCUT2D eigenvalue weighted by Gasteiger charge is 2.12. The number of pyridine rings is 1. The van der Waals surface area contributed by atoms with Crippen LogP contribution < -0.4 is 0 Å². The number of hydrogen-bond donors (Lipinski definition) is 1. The fourth-order valence-electron chi connectivity index (χ4n) is 2.52. The van der Waals surface area contributed by atoms with E-state index < -0.39 is 0 Å². The van der Waals surface area contributed by atoms with Gasteiger partial charge < -0.3 is 0 Å². The van der Waals surface area contributed by atoms with Crippen molar-refractivity contribution < 1.29 is 0 Å². The van der Waals surface area contributed by atoms with Crippen LogP contribution in [0, 0.1) is 6.92 Å². The topological polar surface area (TPSA) is 28.5 Å². The molecule has 0 N–H and O–H groups in total. The van der Waals surface area contributed by atoms with Crippen molar-refractivity contribution in [2.75, 3.05) is 12.3 Å². The van der Waals surface area contributed by atoms with Crippen LogP contribution in [0.3, 0.4) is 0 Å². The van der Waals surface area contributed by atoms with Crippen molar-refractivity contribution >= 4 is 29.4 Å². The smallest absolute Gasteiger partial charge is 0.0821 e. The second-order valence-corrected chi connectivity index (χ2v) is 7.97. The first-order valence-electron chi connectivity index (χ1n) is 8.30. The van der Waals surface area contributed by atoms with Crippen molar-refractivity contribution in [3.05, 3.63) is 29.1 Å². The van der Waals surface area contributed by atoms with Crippen molar-refractivity contribution in [2.24, 2.45) is 4.99 Å². The highest BCUT2D eigenvalue weighted by molar-refractivity contribution is 8.13. The van der Waals surface area contributed by atoms with Crippen LogP contribution in [0.4, 0.5) is 0 Å². The van der Waals surface area contributed by atoms with E-state index in [1.807, 2.05) is 18.0 Å². The molecule has 1 rings (SSSR count). The quantitative estimate of drug-likeness (QED) is 0.421. The fraction of sp³-hybridized carbons (Fsp3) is 0.667. The molecule has 1 heterocycles. The molecule has 130 valence electrons. The Kier molecular flexibility index (Phi) is 9.25. The van der Waals surface area contributed by atoms with E-state index >= 15 is 0 Å². The van der Waals surface area contributed by atoms with Gasteiger partial charge in [0.05, 0.1) is 17.3 Å². The van der Waals surface area contributed by atoms with Crippen LogP contribution in [-0.4, -0.2) is 39.3 Å². The molecule has 0 aliphatic heterocycles. The molecule has 0 radical (unpaired) electrons. The molecule has 0 aliphatic rings. The van der Waals surface area contributed by atoms with Crippen LogP contribution in [0.25, 0.3) is 0 Å². The van der Waals surface area contributed by atoms with Gasteiger partial charge in [-0.15, -0.1) is 11.8 Å². The molecule has 0 atom stereocenters. The molecule has 0 bridgehead atoms. The van der Waals surface area contributed by atoms with E-state index in [1.54, 1.807) is 0 Å². The second-order valence-electron chi connectivity index (χ2n) is 6.37. The van der Waals surface area contributed by atoms with Crippen LogP contribution in [0.5, 0.6) is 0 Å². The number of nitrogens with zero attached hydrogens (tertiary/aromatic N) is 3. The molecule has 0 aliphatic carbocycles. The predicted octanol–water partition coefficient (Wildman–Crippen LogP) is 4.59. The summed E-state index contributed by atoms with van der Waals surface area (Å²) in [5, 5.41) is 1.13. The molecule has 5 heteroatoms. The van der Waals surface area contributed by atoms with E-state index in [-0.39, 0.29) is 0 Å². The summed E-state index contributed by atoms with van der Waals surface area (Å²) in [6.07, 6.45) is 1.92. The van der Waals surface area contributed by atoms with Gasteiger partial charge in [0.25, 0.3) is 0 Å². The summed E-state index contributed by atoms with van der Waals surface area (Å²) in [4.78, 5) is 11.6. The summed E-state index contributed by atoms with van der Waals surface area (Å²) < 4.78 is 0. The van der Waals surface area contributed by atoms with Gasteiger partial charge in [-0.25, -0.2) is 0 Å². The lowest BCUT2D eigenvalue weighted by Gasteiger charge is -2.30. The average Bonchev–Trinajstić information content (AvgIpc) is 2.49. The molecule has 3 nitrogen and oxygen atoms in total. The molecule has 0 saturated carbocycles. The van der Waals surface area contributed by atoms with Crippen molar-refractivity contribution in [3.8, 4) is 0 Å². The number of thiol groups is 1. The predicted molar refractivity (Wildman–Crippen MR) is 108 cm³/mol. The van der Waals surface area contributed by atoms with E-state index in [2.05, 4.69) is 75.1 Å². The maximum atomic E-state index is 4.66. The Bertz CT molecular complexity index is 505. The number of rotatable bonds is 8. The maximum absolute atomic E-state index is 4.66. The molecule has 0 unspecified atom stereocenters. The number of aliphatic imine (C=N–C) groups is 1. The minimum Gasteiger partial charge on any atom is -0.298 e. The first-order chi connectivity index (χ1) is 10.8. The molecular weight excluding hydrogens is 322 g/mol. The molecule has 0 amide bonds.